The molecule has 0 atom stereocenters. The molecule has 4 rings (SSSR count). The molecule has 1 saturated heterocycles. The van der Waals surface area contributed by atoms with Crippen molar-refractivity contribution in [2.75, 3.05) is 51.9 Å². The third-order valence-corrected chi connectivity index (χ3v) is 6.93. The van der Waals surface area contributed by atoms with Crippen LogP contribution in [-0.4, -0.2) is 65.3 Å². The zero-order valence-corrected chi connectivity index (χ0v) is 17.9. The van der Waals surface area contributed by atoms with E-state index in [9.17, 15) is 13.2 Å². The highest BCUT2D eigenvalue weighted by atomic mass is 32.2. The van der Waals surface area contributed by atoms with Crippen molar-refractivity contribution in [3.63, 3.8) is 0 Å². The summed E-state index contributed by atoms with van der Waals surface area (Å²) in [5, 5.41) is 2.76. The zero-order valence-electron chi connectivity index (χ0n) is 17.1. The van der Waals surface area contributed by atoms with Crippen molar-refractivity contribution in [2.45, 2.75) is 11.3 Å². The van der Waals surface area contributed by atoms with Gasteiger partial charge in [0.15, 0.2) is 11.5 Å². The van der Waals surface area contributed by atoms with E-state index in [0.717, 1.165) is 5.56 Å². The number of nitrogens with zero attached hydrogens (tertiary/aromatic N) is 1. The monoisotopic (exact) mass is 448 g/mol. The molecule has 0 bridgehead atoms. The number of methoxy groups -OCH3 is 1. The Bertz CT molecular complexity index is 1070. The van der Waals surface area contributed by atoms with Crippen LogP contribution in [0, 0.1) is 0 Å². The highest BCUT2D eigenvalue weighted by Crippen LogP contribution is 2.32. The van der Waals surface area contributed by atoms with E-state index in [1.54, 1.807) is 24.3 Å². The van der Waals surface area contributed by atoms with Gasteiger partial charge in [-0.1, -0.05) is 6.07 Å². The van der Waals surface area contributed by atoms with Crippen LogP contribution in [0.2, 0.25) is 0 Å². The second kappa shape index (κ2) is 9.13. The molecule has 10 heteroatoms. The minimum atomic E-state index is -3.79. The van der Waals surface area contributed by atoms with Crippen LogP contribution in [0.15, 0.2) is 41.3 Å². The molecule has 1 N–H and O–H groups in total. The predicted molar refractivity (Wildman–Crippen MR) is 112 cm³/mol. The quantitative estimate of drug-likeness (QED) is 0.717. The first-order chi connectivity index (χ1) is 15.0. The summed E-state index contributed by atoms with van der Waals surface area (Å²) in [6.45, 7) is 2.19. The Morgan fingerprint density at radius 2 is 1.77 bits per heavy atom. The highest BCUT2D eigenvalue weighted by molar-refractivity contribution is 7.89. The lowest BCUT2D eigenvalue weighted by molar-refractivity contribution is -0.115. The van der Waals surface area contributed by atoms with Gasteiger partial charge in [0.2, 0.25) is 15.9 Å². The molecular formula is C21H24N2O7S. The summed E-state index contributed by atoms with van der Waals surface area (Å²) in [6, 6.07) is 9.92. The van der Waals surface area contributed by atoms with E-state index in [2.05, 4.69) is 5.32 Å². The van der Waals surface area contributed by atoms with Gasteiger partial charge in [0, 0.05) is 18.8 Å². The second-order valence-corrected chi connectivity index (χ2v) is 8.99. The average Bonchev–Trinajstić information content (AvgIpc) is 2.79. The Balaban J connectivity index is 1.51. The number of anilines is 1. The van der Waals surface area contributed by atoms with E-state index >= 15 is 0 Å². The summed E-state index contributed by atoms with van der Waals surface area (Å²) in [6.07, 6.45) is 0.105. The van der Waals surface area contributed by atoms with Crippen molar-refractivity contribution in [1.82, 2.24) is 4.31 Å². The van der Waals surface area contributed by atoms with E-state index in [1.807, 2.05) is 0 Å². The minimum absolute atomic E-state index is 0.00836. The first-order valence-corrected chi connectivity index (χ1v) is 11.4. The summed E-state index contributed by atoms with van der Waals surface area (Å²) in [5.74, 6) is 1.20. The molecule has 1 amide bonds. The van der Waals surface area contributed by atoms with Crippen LogP contribution < -0.4 is 19.5 Å². The fourth-order valence-electron chi connectivity index (χ4n) is 3.47. The van der Waals surface area contributed by atoms with Gasteiger partial charge in [0.05, 0.1) is 26.7 Å². The van der Waals surface area contributed by atoms with E-state index in [0.29, 0.717) is 43.6 Å². The molecule has 31 heavy (non-hydrogen) atoms. The number of amides is 1. The molecule has 2 aromatic rings. The number of ether oxygens (including phenoxy) is 4. The Morgan fingerprint density at radius 1 is 1.03 bits per heavy atom. The lowest BCUT2D eigenvalue weighted by Gasteiger charge is -2.26. The van der Waals surface area contributed by atoms with Gasteiger partial charge in [-0.15, -0.1) is 0 Å². The van der Waals surface area contributed by atoms with Crippen molar-refractivity contribution in [3.05, 3.63) is 42.0 Å². The number of rotatable bonds is 6. The van der Waals surface area contributed by atoms with Gasteiger partial charge < -0.3 is 24.3 Å². The maximum absolute atomic E-state index is 13.1. The molecular weight excluding hydrogens is 424 g/mol. The number of carbonyl (C=O) groups is 1. The Hall–Kier alpha value is -2.82. The Morgan fingerprint density at radius 3 is 2.52 bits per heavy atom. The van der Waals surface area contributed by atoms with Crippen LogP contribution in [0.5, 0.6) is 17.2 Å². The topological polar surface area (TPSA) is 103 Å². The first-order valence-electron chi connectivity index (χ1n) is 9.92. The van der Waals surface area contributed by atoms with Gasteiger partial charge >= 0.3 is 0 Å². The highest BCUT2D eigenvalue weighted by Gasteiger charge is 2.29. The Labute approximate surface area is 180 Å². The van der Waals surface area contributed by atoms with E-state index in [-0.39, 0.29) is 36.1 Å². The number of benzene rings is 2. The average molecular weight is 448 g/mol. The number of hydrogen-bond acceptors (Lipinski definition) is 7. The number of hydrogen-bond donors (Lipinski definition) is 1. The standard InChI is InChI=1S/C21H24N2O7S/c1-27-18-5-3-16(14-20(18)31(25,26)23-6-8-28-9-7-23)22-21(24)13-15-2-4-17-19(12-15)30-11-10-29-17/h2-5,12,14H,6-11,13H2,1H3,(H,22,24). The van der Waals surface area contributed by atoms with Gasteiger partial charge in [-0.05, 0) is 35.9 Å². The maximum atomic E-state index is 13.1. The maximum Gasteiger partial charge on any atom is 0.246 e. The number of morpholine rings is 1. The van der Waals surface area contributed by atoms with Gasteiger partial charge in [-0.2, -0.15) is 4.31 Å². The van der Waals surface area contributed by atoms with E-state index in [4.69, 9.17) is 18.9 Å². The lowest BCUT2D eigenvalue weighted by Crippen LogP contribution is -2.40. The van der Waals surface area contributed by atoms with Crippen LogP contribution in [0.3, 0.4) is 0 Å². The lowest BCUT2D eigenvalue weighted by atomic mass is 10.1. The normalized spacial score (nSPS) is 16.5. The molecule has 166 valence electrons. The number of nitrogens with one attached hydrogen (secondary N) is 1. The van der Waals surface area contributed by atoms with Crippen LogP contribution in [0.4, 0.5) is 5.69 Å². The number of carbonyl (C=O) groups excluding carboxylic acids is 1. The second-order valence-electron chi connectivity index (χ2n) is 7.09. The molecule has 0 saturated carbocycles. The summed E-state index contributed by atoms with van der Waals surface area (Å²) < 4.78 is 49.1. The van der Waals surface area contributed by atoms with Gasteiger partial charge in [-0.3, -0.25) is 4.79 Å². The number of fused-ring (bicyclic) bond motifs is 1. The molecule has 2 aromatic carbocycles. The first kappa shape index (κ1) is 21.4. The van der Waals surface area contributed by atoms with Crippen LogP contribution in [-0.2, 0) is 26.0 Å². The number of sulfonamides is 1. The van der Waals surface area contributed by atoms with Crippen molar-refractivity contribution >= 4 is 21.6 Å². The molecule has 9 nitrogen and oxygen atoms in total. The van der Waals surface area contributed by atoms with Crippen LogP contribution >= 0.6 is 0 Å². The van der Waals surface area contributed by atoms with Crippen LogP contribution in [0.25, 0.3) is 0 Å². The van der Waals surface area contributed by atoms with Crippen molar-refractivity contribution in [3.8, 4) is 17.2 Å². The predicted octanol–water partition coefficient (Wildman–Crippen LogP) is 1.67. The van der Waals surface area contributed by atoms with Crippen molar-refractivity contribution < 1.29 is 32.2 Å². The van der Waals surface area contributed by atoms with Gasteiger partial charge in [-0.25, -0.2) is 8.42 Å². The van der Waals surface area contributed by atoms with E-state index in [1.165, 1.54) is 23.5 Å². The molecule has 0 spiro atoms. The zero-order chi connectivity index (χ0) is 21.8. The van der Waals surface area contributed by atoms with Gasteiger partial charge in [0.25, 0.3) is 0 Å². The van der Waals surface area contributed by atoms with Crippen molar-refractivity contribution in [1.29, 1.82) is 0 Å². The van der Waals surface area contributed by atoms with Crippen LogP contribution in [0.1, 0.15) is 5.56 Å². The third-order valence-electron chi connectivity index (χ3n) is 5.01. The third kappa shape index (κ3) is 4.76. The molecule has 2 heterocycles. The van der Waals surface area contributed by atoms with E-state index < -0.39 is 10.0 Å². The van der Waals surface area contributed by atoms with Gasteiger partial charge in [0.1, 0.15) is 23.9 Å². The molecule has 2 aliphatic heterocycles. The molecule has 0 aliphatic carbocycles. The molecule has 0 aromatic heterocycles. The largest absolute Gasteiger partial charge is 0.495 e. The fraction of sp³-hybridized carbons (Fsp3) is 0.381. The Kier molecular flexibility index (Phi) is 6.30. The SMILES string of the molecule is COc1ccc(NC(=O)Cc2ccc3c(c2)OCCO3)cc1S(=O)(=O)N1CCOCC1. The smallest absolute Gasteiger partial charge is 0.246 e. The van der Waals surface area contributed by atoms with Crippen molar-refractivity contribution in [2.24, 2.45) is 0 Å². The molecule has 0 radical (unpaired) electrons. The molecule has 1 fully saturated rings. The molecule has 2 aliphatic rings. The summed E-state index contributed by atoms with van der Waals surface area (Å²) >= 11 is 0. The summed E-state index contributed by atoms with van der Waals surface area (Å²) in [4.78, 5) is 12.6. The minimum Gasteiger partial charge on any atom is -0.495 e. The summed E-state index contributed by atoms with van der Waals surface area (Å²) in [7, 11) is -2.38. The molecule has 0 unspecified atom stereocenters. The fourth-order valence-corrected chi connectivity index (χ4v) is 5.06. The summed E-state index contributed by atoms with van der Waals surface area (Å²) in [5.41, 5.74) is 1.13.